The molecule has 0 bridgehead atoms. The van der Waals surface area contributed by atoms with Crippen LogP contribution in [0.25, 0.3) is 0 Å². The topological polar surface area (TPSA) is 49.6 Å². The van der Waals surface area contributed by atoms with E-state index in [0.29, 0.717) is 12.5 Å². The lowest BCUT2D eigenvalue weighted by atomic mass is 10.0. The van der Waals surface area contributed by atoms with Crippen molar-refractivity contribution in [1.82, 2.24) is 9.80 Å². The van der Waals surface area contributed by atoms with Crippen LogP contribution in [0.3, 0.4) is 0 Å². The summed E-state index contributed by atoms with van der Waals surface area (Å²) in [5, 5.41) is 0. The van der Waals surface area contributed by atoms with Crippen LogP contribution in [0.15, 0.2) is 24.3 Å². The second-order valence-electron chi connectivity index (χ2n) is 6.55. The van der Waals surface area contributed by atoms with Gasteiger partial charge < -0.3 is 15.5 Å². The van der Waals surface area contributed by atoms with Crippen LogP contribution in [-0.2, 0) is 11.2 Å². The van der Waals surface area contributed by atoms with Crippen LogP contribution < -0.4 is 5.73 Å². The van der Waals surface area contributed by atoms with Crippen molar-refractivity contribution in [3.8, 4) is 0 Å². The third-order valence-electron chi connectivity index (χ3n) is 5.14. The van der Waals surface area contributed by atoms with Gasteiger partial charge in [-0.05, 0) is 56.8 Å². The molecule has 1 aromatic carbocycles. The number of carbonyl (C=O) groups is 1. The Morgan fingerprint density at radius 3 is 2.45 bits per heavy atom. The van der Waals surface area contributed by atoms with Crippen molar-refractivity contribution in [1.29, 1.82) is 0 Å². The van der Waals surface area contributed by atoms with Gasteiger partial charge in [0.2, 0.25) is 5.91 Å². The quantitative estimate of drug-likeness (QED) is 0.868. The third-order valence-corrected chi connectivity index (χ3v) is 5.14. The molecule has 2 aliphatic heterocycles. The molecule has 2 N–H and O–H groups in total. The Kier molecular flexibility index (Phi) is 4.98. The second kappa shape index (κ2) is 7.14. The Bertz CT molecular complexity index is 503. The van der Waals surface area contributed by atoms with E-state index in [2.05, 4.69) is 4.90 Å². The van der Waals surface area contributed by atoms with Gasteiger partial charge in [0, 0.05) is 31.2 Å². The molecular weight excluding hydrogens is 274 g/mol. The molecule has 4 heteroatoms. The van der Waals surface area contributed by atoms with E-state index < -0.39 is 0 Å². The fraction of sp³-hybridized carbons (Fsp3) is 0.611. The average Bonchev–Trinajstić information content (AvgIpc) is 3.08. The van der Waals surface area contributed by atoms with Gasteiger partial charge in [-0.15, -0.1) is 0 Å². The lowest BCUT2D eigenvalue weighted by Crippen LogP contribution is -2.45. The van der Waals surface area contributed by atoms with Crippen molar-refractivity contribution < 1.29 is 4.79 Å². The molecule has 0 atom stereocenters. The van der Waals surface area contributed by atoms with Crippen molar-refractivity contribution in [3.63, 3.8) is 0 Å². The van der Waals surface area contributed by atoms with Gasteiger partial charge in [-0.2, -0.15) is 0 Å². The van der Waals surface area contributed by atoms with E-state index in [1.807, 2.05) is 29.2 Å². The van der Waals surface area contributed by atoms with Crippen molar-refractivity contribution >= 4 is 11.6 Å². The van der Waals surface area contributed by atoms with Crippen molar-refractivity contribution in [3.05, 3.63) is 29.8 Å². The zero-order valence-corrected chi connectivity index (χ0v) is 13.3. The van der Waals surface area contributed by atoms with Gasteiger partial charge in [0.1, 0.15) is 0 Å². The van der Waals surface area contributed by atoms with Crippen LogP contribution in [0.1, 0.15) is 37.7 Å². The first-order valence-electron chi connectivity index (χ1n) is 8.59. The first-order chi connectivity index (χ1) is 10.7. The van der Waals surface area contributed by atoms with E-state index in [0.717, 1.165) is 43.6 Å². The summed E-state index contributed by atoms with van der Waals surface area (Å²) in [7, 11) is 0. The lowest BCUT2D eigenvalue weighted by molar-refractivity contribution is -0.132. The number of nitrogens with zero attached hydrogens (tertiary/aromatic N) is 2. The number of aryl methyl sites for hydroxylation is 1. The number of piperidine rings is 1. The number of nitrogen functional groups attached to an aromatic ring is 1. The summed E-state index contributed by atoms with van der Waals surface area (Å²) < 4.78 is 0. The van der Waals surface area contributed by atoms with Crippen LogP contribution in [0.2, 0.25) is 0 Å². The molecule has 0 saturated carbocycles. The van der Waals surface area contributed by atoms with Gasteiger partial charge in [0.25, 0.3) is 0 Å². The van der Waals surface area contributed by atoms with Gasteiger partial charge in [-0.1, -0.05) is 18.2 Å². The highest BCUT2D eigenvalue weighted by atomic mass is 16.2. The Hall–Kier alpha value is -1.55. The first kappa shape index (κ1) is 15.3. The monoisotopic (exact) mass is 301 g/mol. The second-order valence-corrected chi connectivity index (χ2v) is 6.55. The molecule has 0 spiro atoms. The maximum atomic E-state index is 12.4. The maximum absolute atomic E-state index is 12.4. The molecule has 0 aliphatic carbocycles. The van der Waals surface area contributed by atoms with E-state index >= 15 is 0 Å². The highest BCUT2D eigenvalue weighted by Gasteiger charge is 2.27. The Balaban J connectivity index is 1.45. The first-order valence-corrected chi connectivity index (χ1v) is 8.59. The lowest BCUT2D eigenvalue weighted by Gasteiger charge is -2.36. The summed E-state index contributed by atoms with van der Waals surface area (Å²) in [5.41, 5.74) is 7.82. The Labute approximate surface area is 133 Å². The van der Waals surface area contributed by atoms with Gasteiger partial charge >= 0.3 is 0 Å². The third kappa shape index (κ3) is 3.61. The van der Waals surface area contributed by atoms with Crippen LogP contribution in [0.5, 0.6) is 0 Å². The fourth-order valence-electron chi connectivity index (χ4n) is 3.75. The molecule has 3 rings (SSSR count). The number of amides is 1. The number of anilines is 1. The normalized spacial score (nSPS) is 20.5. The van der Waals surface area contributed by atoms with E-state index in [-0.39, 0.29) is 5.91 Å². The minimum Gasteiger partial charge on any atom is -0.399 e. The number of likely N-dealkylation sites (tertiary alicyclic amines) is 2. The van der Waals surface area contributed by atoms with E-state index in [4.69, 9.17) is 5.73 Å². The number of benzene rings is 1. The van der Waals surface area contributed by atoms with Crippen LogP contribution in [0, 0.1) is 0 Å². The fourth-order valence-corrected chi connectivity index (χ4v) is 3.75. The Morgan fingerprint density at radius 1 is 1.09 bits per heavy atom. The molecule has 2 heterocycles. The zero-order chi connectivity index (χ0) is 15.4. The van der Waals surface area contributed by atoms with E-state index in [1.54, 1.807) is 0 Å². The predicted molar refractivity (Wildman–Crippen MR) is 89.6 cm³/mol. The largest absolute Gasteiger partial charge is 0.399 e. The van der Waals surface area contributed by atoms with Gasteiger partial charge in [-0.3, -0.25) is 4.79 Å². The molecule has 120 valence electrons. The van der Waals surface area contributed by atoms with Crippen molar-refractivity contribution in [2.24, 2.45) is 0 Å². The molecule has 4 nitrogen and oxygen atoms in total. The summed E-state index contributed by atoms with van der Waals surface area (Å²) in [5.74, 6) is 0.281. The SMILES string of the molecule is Nc1ccccc1CCC(=O)N1CCC(N2CCCC2)CC1. The summed E-state index contributed by atoms with van der Waals surface area (Å²) in [6, 6.07) is 8.54. The molecule has 0 unspecified atom stereocenters. The van der Waals surface area contributed by atoms with E-state index in [9.17, 15) is 4.79 Å². The maximum Gasteiger partial charge on any atom is 0.222 e. The number of carbonyl (C=O) groups excluding carboxylic acids is 1. The van der Waals surface area contributed by atoms with Crippen molar-refractivity contribution in [2.75, 3.05) is 31.9 Å². The molecule has 0 radical (unpaired) electrons. The minimum atomic E-state index is 0.281. The van der Waals surface area contributed by atoms with Gasteiger partial charge in [0.05, 0.1) is 0 Å². The average molecular weight is 301 g/mol. The van der Waals surface area contributed by atoms with Gasteiger partial charge in [0.15, 0.2) is 0 Å². The smallest absolute Gasteiger partial charge is 0.222 e. The number of para-hydroxylation sites is 1. The van der Waals surface area contributed by atoms with Crippen molar-refractivity contribution in [2.45, 2.75) is 44.6 Å². The summed E-state index contributed by atoms with van der Waals surface area (Å²) in [4.78, 5) is 17.0. The predicted octanol–water partition coefficient (Wildman–Crippen LogP) is 2.29. The highest BCUT2D eigenvalue weighted by Crippen LogP contribution is 2.22. The highest BCUT2D eigenvalue weighted by molar-refractivity contribution is 5.76. The molecule has 22 heavy (non-hydrogen) atoms. The minimum absolute atomic E-state index is 0.281. The summed E-state index contributed by atoms with van der Waals surface area (Å²) >= 11 is 0. The number of hydrogen-bond donors (Lipinski definition) is 1. The van der Waals surface area contributed by atoms with Crippen LogP contribution in [0.4, 0.5) is 5.69 Å². The number of hydrogen-bond acceptors (Lipinski definition) is 3. The molecular formula is C18H27N3O. The molecule has 2 saturated heterocycles. The Morgan fingerprint density at radius 2 is 1.77 bits per heavy atom. The standard InChI is InChI=1S/C18H27N3O/c19-17-6-2-1-5-15(17)7-8-18(22)21-13-9-16(10-14-21)20-11-3-4-12-20/h1-2,5-6,16H,3-4,7-14,19H2. The summed E-state index contributed by atoms with van der Waals surface area (Å²) in [6.45, 7) is 4.35. The molecule has 0 aromatic heterocycles. The van der Waals surface area contributed by atoms with Crippen LogP contribution in [-0.4, -0.2) is 47.9 Å². The zero-order valence-electron chi connectivity index (χ0n) is 13.3. The molecule has 1 aromatic rings. The van der Waals surface area contributed by atoms with E-state index in [1.165, 1.54) is 25.9 Å². The molecule has 1 amide bonds. The molecule has 2 aliphatic rings. The van der Waals surface area contributed by atoms with Crippen LogP contribution >= 0.6 is 0 Å². The summed E-state index contributed by atoms with van der Waals surface area (Å²) in [6.07, 6.45) is 6.29. The number of nitrogens with two attached hydrogens (primary N) is 1. The van der Waals surface area contributed by atoms with Gasteiger partial charge in [-0.25, -0.2) is 0 Å². The molecule has 2 fully saturated rings. The number of rotatable bonds is 4.